The highest BCUT2D eigenvalue weighted by Crippen LogP contribution is 2.20. The van der Waals surface area contributed by atoms with Crippen molar-refractivity contribution in [2.45, 2.75) is 31.2 Å². The Morgan fingerprint density at radius 1 is 1.37 bits per heavy atom. The topological polar surface area (TPSA) is 115 Å². The maximum atomic E-state index is 11.9. The molecule has 0 saturated carbocycles. The molecule has 0 spiro atoms. The van der Waals surface area contributed by atoms with Crippen LogP contribution in [0.5, 0.6) is 0 Å². The Morgan fingerprint density at radius 2 is 1.95 bits per heavy atom. The molecule has 0 fully saturated rings. The van der Waals surface area contributed by atoms with Crippen molar-refractivity contribution in [3.05, 3.63) is 24.3 Å². The van der Waals surface area contributed by atoms with E-state index >= 15 is 0 Å². The van der Waals surface area contributed by atoms with E-state index in [9.17, 15) is 13.2 Å². The minimum atomic E-state index is -3.89. The average molecular weight is 285 g/mol. The van der Waals surface area contributed by atoms with Crippen LogP contribution in [0, 0.1) is 5.92 Å². The van der Waals surface area contributed by atoms with Crippen molar-refractivity contribution in [1.82, 2.24) is 0 Å². The van der Waals surface area contributed by atoms with Gasteiger partial charge in [-0.15, -0.1) is 0 Å². The smallest absolute Gasteiger partial charge is 0.241 e. The molecule has 1 amide bonds. The lowest BCUT2D eigenvalue weighted by molar-refractivity contribution is -0.118. The summed E-state index contributed by atoms with van der Waals surface area (Å²) in [6.07, 6.45) is 0.755. The lowest BCUT2D eigenvalue weighted by atomic mass is 9.99. The molecule has 0 bridgehead atoms. The normalized spacial score (nSPS) is 14.7. The van der Waals surface area contributed by atoms with Crippen LogP contribution in [0.1, 0.15) is 20.3 Å². The molecular formula is C12H19N3O3S. The third kappa shape index (κ3) is 4.02. The van der Waals surface area contributed by atoms with Gasteiger partial charge in [0, 0.05) is 0 Å². The lowest BCUT2D eigenvalue weighted by Gasteiger charge is -2.18. The molecule has 5 N–H and O–H groups in total. The summed E-state index contributed by atoms with van der Waals surface area (Å²) in [6.45, 7) is 3.78. The SMILES string of the molecule is CCC(C)C(N)C(=O)Nc1ccccc1S(N)(=O)=O. The van der Waals surface area contributed by atoms with Crippen molar-refractivity contribution in [3.8, 4) is 0 Å². The van der Waals surface area contributed by atoms with Crippen molar-refractivity contribution in [2.75, 3.05) is 5.32 Å². The molecule has 2 atom stereocenters. The number of nitrogens with two attached hydrogens (primary N) is 2. The molecular weight excluding hydrogens is 266 g/mol. The molecule has 6 nitrogen and oxygen atoms in total. The third-order valence-corrected chi connectivity index (χ3v) is 3.98. The van der Waals surface area contributed by atoms with Gasteiger partial charge >= 0.3 is 0 Å². The summed E-state index contributed by atoms with van der Waals surface area (Å²) in [7, 11) is -3.89. The van der Waals surface area contributed by atoms with Gasteiger partial charge in [-0.05, 0) is 18.1 Å². The Hall–Kier alpha value is -1.44. The number of rotatable bonds is 5. The zero-order valence-corrected chi connectivity index (χ0v) is 11.8. The lowest BCUT2D eigenvalue weighted by Crippen LogP contribution is -2.40. The standard InChI is InChI=1S/C12H19N3O3S/c1-3-8(2)11(13)12(16)15-9-6-4-5-7-10(9)19(14,17)18/h4-8,11H,3,13H2,1-2H3,(H,15,16)(H2,14,17,18). The molecule has 7 heteroatoms. The van der Waals surface area contributed by atoms with Crippen molar-refractivity contribution >= 4 is 21.6 Å². The minimum Gasteiger partial charge on any atom is -0.324 e. The number of nitrogens with one attached hydrogen (secondary N) is 1. The fourth-order valence-corrected chi connectivity index (χ4v) is 2.24. The van der Waals surface area contributed by atoms with Gasteiger partial charge in [0.1, 0.15) is 4.90 Å². The van der Waals surface area contributed by atoms with Gasteiger partial charge in [0.05, 0.1) is 11.7 Å². The molecule has 1 aromatic carbocycles. The van der Waals surface area contributed by atoms with Gasteiger partial charge in [-0.25, -0.2) is 13.6 Å². The maximum Gasteiger partial charge on any atom is 0.241 e. The second-order valence-electron chi connectivity index (χ2n) is 4.44. The van der Waals surface area contributed by atoms with E-state index in [-0.39, 0.29) is 16.5 Å². The molecule has 2 unspecified atom stereocenters. The molecule has 0 aliphatic rings. The van der Waals surface area contributed by atoms with Crippen molar-refractivity contribution in [1.29, 1.82) is 0 Å². The third-order valence-electron chi connectivity index (χ3n) is 3.01. The van der Waals surface area contributed by atoms with Crippen LogP contribution in [0.4, 0.5) is 5.69 Å². The van der Waals surface area contributed by atoms with Gasteiger partial charge in [-0.3, -0.25) is 4.79 Å². The van der Waals surface area contributed by atoms with Crippen LogP contribution in [-0.4, -0.2) is 20.4 Å². The molecule has 0 aliphatic heterocycles. The quantitative estimate of drug-likeness (QED) is 0.736. The fourth-order valence-electron chi connectivity index (χ4n) is 1.55. The summed E-state index contributed by atoms with van der Waals surface area (Å²) in [5, 5.41) is 7.59. The second-order valence-corrected chi connectivity index (χ2v) is 5.97. The number of amides is 1. The summed E-state index contributed by atoms with van der Waals surface area (Å²) in [5.74, 6) is -0.424. The molecule has 0 heterocycles. The van der Waals surface area contributed by atoms with Crippen molar-refractivity contribution in [3.63, 3.8) is 0 Å². The Balaban J connectivity index is 2.98. The molecule has 0 aliphatic carbocycles. The summed E-state index contributed by atoms with van der Waals surface area (Å²) < 4.78 is 22.8. The highest BCUT2D eigenvalue weighted by Gasteiger charge is 2.22. The largest absolute Gasteiger partial charge is 0.324 e. The van der Waals surface area contributed by atoms with Crippen LogP contribution in [0.15, 0.2) is 29.2 Å². The highest BCUT2D eigenvalue weighted by molar-refractivity contribution is 7.89. The van der Waals surface area contributed by atoms with Crippen LogP contribution < -0.4 is 16.2 Å². The van der Waals surface area contributed by atoms with Crippen LogP contribution in [-0.2, 0) is 14.8 Å². The summed E-state index contributed by atoms with van der Waals surface area (Å²) in [4.78, 5) is 11.8. The number of hydrogen-bond acceptors (Lipinski definition) is 4. The molecule has 0 aromatic heterocycles. The maximum absolute atomic E-state index is 11.9. The number of anilines is 1. The summed E-state index contributed by atoms with van der Waals surface area (Å²) in [6, 6.07) is 5.25. The Labute approximate surface area is 113 Å². The number of para-hydroxylation sites is 1. The molecule has 1 aromatic rings. The zero-order valence-electron chi connectivity index (χ0n) is 11.0. The van der Waals surface area contributed by atoms with Gasteiger partial charge in [-0.2, -0.15) is 0 Å². The Bertz CT molecular complexity index is 557. The first-order chi connectivity index (χ1) is 8.77. The number of benzene rings is 1. The zero-order chi connectivity index (χ0) is 14.6. The van der Waals surface area contributed by atoms with Gasteiger partial charge in [0.2, 0.25) is 15.9 Å². The molecule has 0 saturated heterocycles. The van der Waals surface area contributed by atoms with Crippen LogP contribution >= 0.6 is 0 Å². The van der Waals surface area contributed by atoms with Crippen molar-refractivity contribution < 1.29 is 13.2 Å². The van der Waals surface area contributed by atoms with Crippen LogP contribution in [0.25, 0.3) is 0 Å². The number of hydrogen-bond donors (Lipinski definition) is 3. The van der Waals surface area contributed by atoms with E-state index in [2.05, 4.69) is 5.32 Å². The van der Waals surface area contributed by atoms with Gasteiger partial charge in [0.25, 0.3) is 0 Å². The summed E-state index contributed by atoms with van der Waals surface area (Å²) >= 11 is 0. The van der Waals surface area contributed by atoms with Crippen LogP contribution in [0.3, 0.4) is 0 Å². The van der Waals surface area contributed by atoms with Crippen LogP contribution in [0.2, 0.25) is 0 Å². The van der Waals surface area contributed by atoms with E-state index in [1.54, 1.807) is 6.07 Å². The predicted molar refractivity (Wildman–Crippen MR) is 73.9 cm³/mol. The monoisotopic (exact) mass is 285 g/mol. The Kier molecular flexibility index (Phi) is 5.04. The minimum absolute atomic E-state index is 0.00152. The second kappa shape index (κ2) is 6.14. The van der Waals surface area contributed by atoms with E-state index in [4.69, 9.17) is 10.9 Å². The number of sulfonamides is 1. The first-order valence-electron chi connectivity index (χ1n) is 5.95. The van der Waals surface area contributed by atoms with E-state index < -0.39 is 22.0 Å². The number of carbonyl (C=O) groups excluding carboxylic acids is 1. The molecule has 0 radical (unpaired) electrons. The van der Waals surface area contributed by atoms with E-state index in [1.807, 2.05) is 13.8 Å². The molecule has 1 rings (SSSR count). The van der Waals surface area contributed by atoms with E-state index in [0.29, 0.717) is 0 Å². The van der Waals surface area contributed by atoms with Crippen molar-refractivity contribution in [2.24, 2.45) is 16.8 Å². The molecule has 106 valence electrons. The molecule has 19 heavy (non-hydrogen) atoms. The average Bonchev–Trinajstić information content (AvgIpc) is 2.36. The summed E-state index contributed by atoms with van der Waals surface area (Å²) in [5.41, 5.74) is 5.93. The number of carbonyl (C=O) groups is 1. The Morgan fingerprint density at radius 3 is 2.47 bits per heavy atom. The first-order valence-corrected chi connectivity index (χ1v) is 7.50. The van der Waals surface area contributed by atoms with Gasteiger partial charge < -0.3 is 11.1 Å². The van der Waals surface area contributed by atoms with Gasteiger partial charge in [0.15, 0.2) is 0 Å². The van der Waals surface area contributed by atoms with E-state index in [1.165, 1.54) is 18.2 Å². The predicted octanol–water partition coefficient (Wildman–Crippen LogP) is 0.646. The highest BCUT2D eigenvalue weighted by atomic mass is 32.2. The van der Waals surface area contributed by atoms with Gasteiger partial charge in [-0.1, -0.05) is 32.4 Å². The number of primary sulfonamides is 1. The van der Waals surface area contributed by atoms with E-state index in [0.717, 1.165) is 6.42 Å². The first kappa shape index (κ1) is 15.6. The fraction of sp³-hybridized carbons (Fsp3) is 0.417.